The highest BCUT2D eigenvalue weighted by Crippen LogP contribution is 2.10. The standard InChI is InChI=1S/C15H17ClN2O/c1-19-15-7-4-13(11-18-15)10-17-9-8-12-2-5-14(16)6-3-12/h2-7,11,17H,8-10H2,1H3. The third kappa shape index (κ3) is 4.54. The van der Waals surface area contributed by atoms with Crippen molar-refractivity contribution in [2.45, 2.75) is 13.0 Å². The van der Waals surface area contributed by atoms with E-state index in [1.165, 1.54) is 5.56 Å². The SMILES string of the molecule is COc1ccc(CNCCc2ccc(Cl)cc2)cn1. The van der Waals surface area contributed by atoms with Gasteiger partial charge in [0.1, 0.15) is 0 Å². The van der Waals surface area contributed by atoms with Crippen LogP contribution in [-0.2, 0) is 13.0 Å². The Hall–Kier alpha value is -1.58. The van der Waals surface area contributed by atoms with Crippen LogP contribution in [0.3, 0.4) is 0 Å². The average molecular weight is 277 g/mol. The van der Waals surface area contributed by atoms with Crippen molar-refractivity contribution in [2.75, 3.05) is 13.7 Å². The summed E-state index contributed by atoms with van der Waals surface area (Å²) in [6, 6.07) is 11.8. The Bertz CT molecular complexity index is 497. The second-order valence-electron chi connectivity index (χ2n) is 4.26. The van der Waals surface area contributed by atoms with Crippen molar-refractivity contribution in [3.05, 3.63) is 58.7 Å². The number of hydrogen-bond acceptors (Lipinski definition) is 3. The van der Waals surface area contributed by atoms with Gasteiger partial charge in [0.05, 0.1) is 7.11 Å². The van der Waals surface area contributed by atoms with Gasteiger partial charge in [0.2, 0.25) is 5.88 Å². The predicted molar refractivity (Wildman–Crippen MR) is 77.7 cm³/mol. The lowest BCUT2D eigenvalue weighted by molar-refractivity contribution is 0.397. The largest absolute Gasteiger partial charge is 0.481 e. The van der Waals surface area contributed by atoms with Crippen LogP contribution in [0.5, 0.6) is 5.88 Å². The highest BCUT2D eigenvalue weighted by atomic mass is 35.5. The molecule has 1 aromatic carbocycles. The van der Waals surface area contributed by atoms with Gasteiger partial charge in [-0.15, -0.1) is 0 Å². The molecule has 1 aromatic heterocycles. The summed E-state index contributed by atoms with van der Waals surface area (Å²) in [7, 11) is 1.62. The van der Waals surface area contributed by atoms with Crippen molar-refractivity contribution in [1.82, 2.24) is 10.3 Å². The summed E-state index contributed by atoms with van der Waals surface area (Å²) < 4.78 is 5.02. The highest BCUT2D eigenvalue weighted by Gasteiger charge is 1.96. The second kappa shape index (κ2) is 7.12. The van der Waals surface area contributed by atoms with Crippen LogP contribution in [0.25, 0.3) is 0 Å². The summed E-state index contributed by atoms with van der Waals surface area (Å²) in [5.74, 6) is 0.643. The number of methoxy groups -OCH3 is 1. The monoisotopic (exact) mass is 276 g/mol. The Morgan fingerprint density at radius 1 is 1.11 bits per heavy atom. The van der Waals surface area contributed by atoms with E-state index in [2.05, 4.69) is 22.4 Å². The molecular weight excluding hydrogens is 260 g/mol. The molecular formula is C15H17ClN2O. The third-order valence-corrected chi connectivity index (χ3v) is 3.09. The van der Waals surface area contributed by atoms with Gasteiger partial charge in [-0.2, -0.15) is 0 Å². The lowest BCUT2D eigenvalue weighted by Crippen LogP contribution is -2.16. The lowest BCUT2D eigenvalue weighted by atomic mass is 10.1. The van der Waals surface area contributed by atoms with Crippen molar-refractivity contribution in [2.24, 2.45) is 0 Å². The number of nitrogens with zero attached hydrogens (tertiary/aromatic N) is 1. The molecule has 0 atom stereocenters. The summed E-state index contributed by atoms with van der Waals surface area (Å²) in [5.41, 5.74) is 2.43. The van der Waals surface area contributed by atoms with Gasteiger partial charge in [0, 0.05) is 23.8 Å². The first-order chi connectivity index (χ1) is 9.28. The molecule has 100 valence electrons. The molecule has 1 N–H and O–H groups in total. The molecule has 0 aliphatic carbocycles. The van der Waals surface area contributed by atoms with E-state index in [0.29, 0.717) is 5.88 Å². The first kappa shape index (κ1) is 13.8. The van der Waals surface area contributed by atoms with Crippen molar-refractivity contribution in [3.8, 4) is 5.88 Å². The Balaban J connectivity index is 1.72. The van der Waals surface area contributed by atoms with Crippen LogP contribution in [0.4, 0.5) is 0 Å². The van der Waals surface area contributed by atoms with Gasteiger partial charge < -0.3 is 10.1 Å². The first-order valence-electron chi connectivity index (χ1n) is 6.22. The summed E-state index contributed by atoms with van der Waals surface area (Å²) in [6.07, 6.45) is 2.81. The summed E-state index contributed by atoms with van der Waals surface area (Å²) in [5, 5.41) is 4.17. The number of nitrogens with one attached hydrogen (secondary N) is 1. The molecule has 0 saturated heterocycles. The maximum absolute atomic E-state index is 5.84. The van der Waals surface area contributed by atoms with Crippen LogP contribution in [0, 0.1) is 0 Å². The Kier molecular flexibility index (Phi) is 5.19. The number of aromatic nitrogens is 1. The van der Waals surface area contributed by atoms with Gasteiger partial charge >= 0.3 is 0 Å². The fourth-order valence-corrected chi connectivity index (χ4v) is 1.88. The normalized spacial score (nSPS) is 10.4. The van der Waals surface area contributed by atoms with Gasteiger partial charge in [-0.1, -0.05) is 29.8 Å². The number of ether oxygens (including phenoxy) is 1. The van der Waals surface area contributed by atoms with Crippen molar-refractivity contribution >= 4 is 11.6 Å². The molecule has 19 heavy (non-hydrogen) atoms. The van der Waals surface area contributed by atoms with Gasteiger partial charge in [-0.3, -0.25) is 0 Å². The van der Waals surface area contributed by atoms with Crippen molar-refractivity contribution in [1.29, 1.82) is 0 Å². The first-order valence-corrected chi connectivity index (χ1v) is 6.60. The fourth-order valence-electron chi connectivity index (χ4n) is 1.75. The highest BCUT2D eigenvalue weighted by molar-refractivity contribution is 6.30. The molecule has 0 radical (unpaired) electrons. The molecule has 2 rings (SSSR count). The zero-order valence-electron chi connectivity index (χ0n) is 10.9. The number of halogens is 1. The minimum Gasteiger partial charge on any atom is -0.481 e. The second-order valence-corrected chi connectivity index (χ2v) is 4.70. The maximum Gasteiger partial charge on any atom is 0.212 e. The molecule has 0 aliphatic rings. The van der Waals surface area contributed by atoms with Gasteiger partial charge in [-0.25, -0.2) is 4.98 Å². The molecule has 4 heteroatoms. The third-order valence-electron chi connectivity index (χ3n) is 2.84. The molecule has 0 amide bonds. The van der Waals surface area contributed by atoms with Crippen LogP contribution in [0.1, 0.15) is 11.1 Å². The minimum absolute atomic E-state index is 0.643. The van der Waals surface area contributed by atoms with E-state index in [-0.39, 0.29) is 0 Å². The van der Waals surface area contributed by atoms with E-state index in [4.69, 9.17) is 16.3 Å². The van der Waals surface area contributed by atoms with Gasteiger partial charge in [-0.05, 0) is 36.2 Å². The molecule has 0 spiro atoms. The topological polar surface area (TPSA) is 34.1 Å². The molecule has 0 fully saturated rings. The smallest absolute Gasteiger partial charge is 0.212 e. The van der Waals surface area contributed by atoms with Crippen LogP contribution < -0.4 is 10.1 Å². The number of benzene rings is 1. The Morgan fingerprint density at radius 2 is 1.84 bits per heavy atom. The van der Waals surface area contributed by atoms with E-state index in [0.717, 1.165) is 30.1 Å². The van der Waals surface area contributed by atoms with E-state index in [1.807, 2.05) is 30.5 Å². The number of hydrogen-bond donors (Lipinski definition) is 1. The minimum atomic E-state index is 0.643. The molecule has 0 unspecified atom stereocenters. The number of rotatable bonds is 6. The predicted octanol–water partition coefficient (Wildman–Crippen LogP) is 3.08. The quantitative estimate of drug-likeness (QED) is 0.824. The Labute approximate surface area is 118 Å². The summed E-state index contributed by atoms with van der Waals surface area (Å²) in [4.78, 5) is 4.17. The van der Waals surface area contributed by atoms with Crippen LogP contribution >= 0.6 is 11.6 Å². The molecule has 0 bridgehead atoms. The molecule has 3 nitrogen and oxygen atoms in total. The van der Waals surface area contributed by atoms with Crippen LogP contribution in [0.15, 0.2) is 42.6 Å². The maximum atomic E-state index is 5.84. The zero-order chi connectivity index (χ0) is 13.5. The summed E-state index contributed by atoms with van der Waals surface area (Å²) in [6.45, 7) is 1.73. The van der Waals surface area contributed by atoms with Crippen LogP contribution in [0.2, 0.25) is 5.02 Å². The van der Waals surface area contributed by atoms with E-state index < -0.39 is 0 Å². The number of pyridine rings is 1. The van der Waals surface area contributed by atoms with E-state index in [1.54, 1.807) is 7.11 Å². The van der Waals surface area contributed by atoms with E-state index >= 15 is 0 Å². The van der Waals surface area contributed by atoms with Gasteiger partial charge in [0.25, 0.3) is 0 Å². The molecule has 0 saturated carbocycles. The Morgan fingerprint density at radius 3 is 2.47 bits per heavy atom. The summed E-state index contributed by atoms with van der Waals surface area (Å²) >= 11 is 5.84. The van der Waals surface area contributed by atoms with E-state index in [9.17, 15) is 0 Å². The van der Waals surface area contributed by atoms with Gasteiger partial charge in [0.15, 0.2) is 0 Å². The van der Waals surface area contributed by atoms with Crippen molar-refractivity contribution < 1.29 is 4.74 Å². The lowest BCUT2D eigenvalue weighted by Gasteiger charge is -2.06. The molecule has 1 heterocycles. The molecule has 0 aliphatic heterocycles. The average Bonchev–Trinajstić information content (AvgIpc) is 2.46. The zero-order valence-corrected chi connectivity index (χ0v) is 11.7. The fraction of sp³-hybridized carbons (Fsp3) is 0.267. The molecule has 2 aromatic rings. The van der Waals surface area contributed by atoms with Crippen LogP contribution in [-0.4, -0.2) is 18.6 Å². The van der Waals surface area contributed by atoms with Crippen molar-refractivity contribution in [3.63, 3.8) is 0 Å².